The topological polar surface area (TPSA) is 51.8 Å². The standard InChI is InChI=1S/C12H11N3S/c13-12-10(8-16)7-14-11(15-12)6-9-4-2-1-3-5-9/h1-5,7-8H,6H2,(H2,13,14,15). The van der Waals surface area contributed by atoms with Gasteiger partial charge in [0.2, 0.25) is 0 Å². The minimum absolute atomic E-state index is 0.441. The van der Waals surface area contributed by atoms with Crippen molar-refractivity contribution in [2.75, 3.05) is 5.73 Å². The van der Waals surface area contributed by atoms with E-state index in [1.54, 1.807) is 6.20 Å². The summed E-state index contributed by atoms with van der Waals surface area (Å²) in [7, 11) is 0. The number of benzene rings is 1. The predicted molar refractivity (Wildman–Crippen MR) is 68.4 cm³/mol. The number of rotatable bonds is 3. The Balaban J connectivity index is 2.23. The van der Waals surface area contributed by atoms with Crippen molar-refractivity contribution >= 4 is 23.4 Å². The number of thiocarbonyl (C=S) groups is 1. The molecule has 80 valence electrons. The second kappa shape index (κ2) is 4.81. The molecule has 0 atom stereocenters. The zero-order chi connectivity index (χ0) is 11.4. The van der Waals surface area contributed by atoms with Crippen LogP contribution in [0.2, 0.25) is 0 Å². The van der Waals surface area contributed by atoms with Crippen LogP contribution in [0.1, 0.15) is 17.0 Å². The van der Waals surface area contributed by atoms with Crippen molar-refractivity contribution in [3.63, 3.8) is 0 Å². The van der Waals surface area contributed by atoms with Gasteiger partial charge in [-0.3, -0.25) is 0 Å². The summed E-state index contributed by atoms with van der Waals surface area (Å²) in [5.74, 6) is 1.15. The summed E-state index contributed by atoms with van der Waals surface area (Å²) in [6.07, 6.45) is 2.34. The van der Waals surface area contributed by atoms with Crippen LogP contribution in [0.25, 0.3) is 0 Å². The van der Waals surface area contributed by atoms with Crippen LogP contribution in [0, 0.1) is 0 Å². The third-order valence-electron chi connectivity index (χ3n) is 2.23. The van der Waals surface area contributed by atoms with Crippen LogP contribution >= 0.6 is 12.2 Å². The molecule has 0 aliphatic heterocycles. The first-order valence-corrected chi connectivity index (χ1v) is 5.37. The number of nitrogens with zero attached hydrogens (tertiary/aromatic N) is 2. The zero-order valence-corrected chi connectivity index (χ0v) is 9.45. The Morgan fingerprint density at radius 2 is 2.00 bits per heavy atom. The molecule has 0 fully saturated rings. The predicted octanol–water partition coefficient (Wildman–Crippen LogP) is 2.00. The first-order chi connectivity index (χ1) is 7.79. The van der Waals surface area contributed by atoms with Gasteiger partial charge in [0, 0.05) is 23.5 Å². The Labute approximate surface area is 99.4 Å². The molecule has 2 N–H and O–H groups in total. The molecule has 3 nitrogen and oxygen atoms in total. The molecule has 0 saturated carbocycles. The van der Waals surface area contributed by atoms with E-state index in [0.29, 0.717) is 23.6 Å². The maximum absolute atomic E-state index is 5.74. The van der Waals surface area contributed by atoms with Crippen molar-refractivity contribution in [1.82, 2.24) is 9.97 Å². The van der Waals surface area contributed by atoms with Crippen LogP contribution in [-0.4, -0.2) is 15.3 Å². The highest BCUT2D eigenvalue weighted by molar-refractivity contribution is 7.79. The fourth-order valence-corrected chi connectivity index (χ4v) is 1.58. The number of aromatic nitrogens is 2. The fraction of sp³-hybridized carbons (Fsp3) is 0.0833. The van der Waals surface area contributed by atoms with Gasteiger partial charge < -0.3 is 5.73 Å². The Hall–Kier alpha value is -1.81. The van der Waals surface area contributed by atoms with E-state index in [1.807, 2.05) is 30.3 Å². The van der Waals surface area contributed by atoms with E-state index in [1.165, 1.54) is 5.37 Å². The van der Waals surface area contributed by atoms with Crippen molar-refractivity contribution in [2.24, 2.45) is 0 Å². The van der Waals surface area contributed by atoms with E-state index in [-0.39, 0.29) is 0 Å². The largest absolute Gasteiger partial charge is 0.383 e. The molecular weight excluding hydrogens is 218 g/mol. The van der Waals surface area contributed by atoms with Crippen LogP contribution in [0.4, 0.5) is 5.82 Å². The van der Waals surface area contributed by atoms with Crippen molar-refractivity contribution in [1.29, 1.82) is 0 Å². The molecule has 0 aliphatic rings. The molecule has 1 heterocycles. The molecule has 1 aromatic carbocycles. The summed E-state index contributed by atoms with van der Waals surface area (Å²) in [4.78, 5) is 8.42. The minimum atomic E-state index is 0.441. The Kier molecular flexibility index (Phi) is 3.22. The molecule has 0 radical (unpaired) electrons. The monoisotopic (exact) mass is 229 g/mol. The van der Waals surface area contributed by atoms with Gasteiger partial charge in [-0.1, -0.05) is 42.5 Å². The van der Waals surface area contributed by atoms with Crippen LogP contribution in [-0.2, 0) is 6.42 Å². The molecule has 0 spiro atoms. The lowest BCUT2D eigenvalue weighted by Crippen LogP contribution is -2.03. The van der Waals surface area contributed by atoms with E-state index in [4.69, 9.17) is 18.0 Å². The minimum Gasteiger partial charge on any atom is -0.383 e. The van der Waals surface area contributed by atoms with E-state index in [0.717, 1.165) is 5.56 Å². The molecule has 2 rings (SSSR count). The van der Waals surface area contributed by atoms with Crippen molar-refractivity contribution in [2.45, 2.75) is 6.42 Å². The van der Waals surface area contributed by atoms with Crippen LogP contribution in [0.15, 0.2) is 36.5 Å². The molecule has 4 heteroatoms. The summed E-state index contributed by atoms with van der Waals surface area (Å²) in [6, 6.07) is 10.0. The van der Waals surface area contributed by atoms with Gasteiger partial charge in [0.1, 0.15) is 11.6 Å². The highest BCUT2D eigenvalue weighted by Gasteiger charge is 2.02. The summed E-state index contributed by atoms with van der Waals surface area (Å²) in [5, 5.41) is 1.49. The lowest BCUT2D eigenvalue weighted by atomic mass is 10.1. The third kappa shape index (κ3) is 2.41. The van der Waals surface area contributed by atoms with Gasteiger partial charge in [-0.2, -0.15) is 0 Å². The lowest BCUT2D eigenvalue weighted by molar-refractivity contribution is 0.972. The molecule has 0 amide bonds. The van der Waals surface area contributed by atoms with Gasteiger partial charge in [-0.05, 0) is 5.56 Å². The summed E-state index contributed by atoms with van der Waals surface area (Å²) < 4.78 is 0. The van der Waals surface area contributed by atoms with E-state index in [9.17, 15) is 0 Å². The second-order valence-corrected chi connectivity index (χ2v) is 3.64. The highest BCUT2D eigenvalue weighted by Crippen LogP contribution is 2.09. The summed E-state index contributed by atoms with van der Waals surface area (Å²) in [5.41, 5.74) is 7.60. The molecule has 0 bridgehead atoms. The zero-order valence-electron chi connectivity index (χ0n) is 8.63. The van der Waals surface area contributed by atoms with Crippen LogP contribution < -0.4 is 5.73 Å². The summed E-state index contributed by atoms with van der Waals surface area (Å²) in [6.45, 7) is 0. The maximum Gasteiger partial charge on any atom is 0.135 e. The molecule has 16 heavy (non-hydrogen) atoms. The van der Waals surface area contributed by atoms with Gasteiger partial charge in [0.05, 0.1) is 0 Å². The van der Waals surface area contributed by atoms with Gasteiger partial charge in [-0.25, -0.2) is 9.97 Å². The highest BCUT2D eigenvalue weighted by atomic mass is 32.1. The SMILES string of the molecule is Nc1nc(Cc2ccccc2)ncc1C=S. The third-order valence-corrected chi connectivity index (χ3v) is 2.48. The van der Waals surface area contributed by atoms with Crippen molar-refractivity contribution < 1.29 is 0 Å². The molecule has 1 aromatic heterocycles. The van der Waals surface area contributed by atoms with Crippen molar-refractivity contribution in [3.8, 4) is 0 Å². The number of nitrogens with two attached hydrogens (primary N) is 1. The number of hydrogen-bond acceptors (Lipinski definition) is 4. The Morgan fingerprint density at radius 1 is 1.25 bits per heavy atom. The molecule has 0 saturated heterocycles. The Bertz CT molecular complexity index is 497. The first-order valence-electron chi connectivity index (χ1n) is 4.90. The molecule has 0 unspecified atom stereocenters. The van der Waals surface area contributed by atoms with Crippen LogP contribution in [0.5, 0.6) is 0 Å². The van der Waals surface area contributed by atoms with Gasteiger partial charge in [0.15, 0.2) is 0 Å². The van der Waals surface area contributed by atoms with Crippen LogP contribution in [0.3, 0.4) is 0 Å². The molecule has 2 aromatic rings. The average Bonchev–Trinajstić information content (AvgIpc) is 2.31. The van der Waals surface area contributed by atoms with E-state index < -0.39 is 0 Å². The lowest BCUT2D eigenvalue weighted by Gasteiger charge is -2.03. The summed E-state index contributed by atoms with van der Waals surface area (Å²) >= 11 is 4.79. The van der Waals surface area contributed by atoms with E-state index >= 15 is 0 Å². The number of nitrogen functional groups attached to an aromatic ring is 1. The van der Waals surface area contributed by atoms with Gasteiger partial charge >= 0.3 is 0 Å². The van der Waals surface area contributed by atoms with Gasteiger partial charge in [0.25, 0.3) is 0 Å². The average molecular weight is 229 g/mol. The smallest absolute Gasteiger partial charge is 0.135 e. The Morgan fingerprint density at radius 3 is 2.62 bits per heavy atom. The number of hydrogen-bond donors (Lipinski definition) is 1. The maximum atomic E-state index is 5.74. The quantitative estimate of drug-likeness (QED) is 0.818. The normalized spacial score (nSPS) is 10.0. The molecule has 0 aliphatic carbocycles. The first kappa shape index (κ1) is 10.7. The second-order valence-electron chi connectivity index (χ2n) is 3.41. The van der Waals surface area contributed by atoms with E-state index in [2.05, 4.69) is 9.97 Å². The van der Waals surface area contributed by atoms with Gasteiger partial charge in [-0.15, -0.1) is 0 Å². The fourth-order valence-electron chi connectivity index (χ4n) is 1.40. The van der Waals surface area contributed by atoms with Crippen molar-refractivity contribution in [3.05, 3.63) is 53.5 Å². The number of anilines is 1. The molecular formula is C12H11N3S.